The lowest BCUT2D eigenvalue weighted by atomic mass is 9.77. The number of aryl methyl sites for hydroxylation is 1. The molecule has 0 saturated heterocycles. The summed E-state index contributed by atoms with van der Waals surface area (Å²) < 4.78 is 5.41. The number of ketones is 1. The van der Waals surface area contributed by atoms with Gasteiger partial charge in [0.1, 0.15) is 5.75 Å². The van der Waals surface area contributed by atoms with E-state index < -0.39 is 0 Å². The summed E-state index contributed by atoms with van der Waals surface area (Å²) in [7, 11) is 1.69. The first-order chi connectivity index (χ1) is 18.9. The summed E-state index contributed by atoms with van der Waals surface area (Å²) in [5, 5.41) is 6.94. The van der Waals surface area contributed by atoms with Crippen molar-refractivity contribution in [3.8, 4) is 5.75 Å². The van der Waals surface area contributed by atoms with Crippen LogP contribution in [0.15, 0.2) is 83.6 Å². The average Bonchev–Trinajstić information content (AvgIpc) is 3.33. The molecule has 0 unspecified atom stereocenters. The molecule has 0 radical (unpaired) electrons. The van der Waals surface area contributed by atoms with E-state index in [1.807, 2.05) is 19.1 Å². The van der Waals surface area contributed by atoms with Crippen LogP contribution in [0.1, 0.15) is 77.5 Å². The summed E-state index contributed by atoms with van der Waals surface area (Å²) in [6, 6.07) is 17.0. The molecule has 5 heteroatoms. The van der Waals surface area contributed by atoms with Crippen LogP contribution in [0.25, 0.3) is 5.57 Å². The largest absolute Gasteiger partial charge is 0.497 e. The summed E-state index contributed by atoms with van der Waals surface area (Å²) in [5.41, 5.74) is 8.40. The SMILES string of the molecule is C=C(CC1=C(c2ccc(OC)cc2)C(c2ccc(CC)cc2)=NC1)NC(C)(C)CC(C)(C)C(=C)NCC(=O)CC. The molecular formula is C35H47N3O2. The molecule has 2 aromatic carbocycles. The number of hydrogen-bond donors (Lipinski definition) is 2. The monoisotopic (exact) mass is 541 g/mol. The molecule has 0 aromatic heterocycles. The molecule has 0 aliphatic carbocycles. The van der Waals surface area contributed by atoms with Crippen molar-refractivity contribution < 1.29 is 9.53 Å². The summed E-state index contributed by atoms with van der Waals surface area (Å²) in [4.78, 5) is 16.8. The van der Waals surface area contributed by atoms with Crippen molar-refractivity contribution >= 4 is 17.1 Å². The first-order valence-electron chi connectivity index (χ1n) is 14.3. The van der Waals surface area contributed by atoms with Crippen LogP contribution in [0.3, 0.4) is 0 Å². The van der Waals surface area contributed by atoms with E-state index in [9.17, 15) is 4.79 Å². The topological polar surface area (TPSA) is 62.7 Å². The van der Waals surface area contributed by atoms with Crippen molar-refractivity contribution in [2.45, 2.75) is 72.8 Å². The van der Waals surface area contributed by atoms with Crippen LogP contribution < -0.4 is 15.4 Å². The third-order valence-corrected chi connectivity index (χ3v) is 7.57. The number of allylic oxidation sites excluding steroid dienone is 3. The van der Waals surface area contributed by atoms with E-state index in [1.165, 1.54) is 16.7 Å². The van der Waals surface area contributed by atoms with Gasteiger partial charge in [0.05, 0.1) is 25.9 Å². The van der Waals surface area contributed by atoms with E-state index in [0.717, 1.165) is 46.8 Å². The van der Waals surface area contributed by atoms with Gasteiger partial charge in [-0.3, -0.25) is 9.79 Å². The third kappa shape index (κ3) is 7.97. The van der Waals surface area contributed by atoms with Gasteiger partial charge in [0, 0.05) is 46.3 Å². The Labute approximate surface area is 241 Å². The Morgan fingerprint density at radius 1 is 0.975 bits per heavy atom. The maximum atomic E-state index is 11.8. The summed E-state index contributed by atoms with van der Waals surface area (Å²) >= 11 is 0. The van der Waals surface area contributed by atoms with Crippen molar-refractivity contribution in [3.05, 3.63) is 95.3 Å². The molecule has 3 rings (SSSR count). The summed E-state index contributed by atoms with van der Waals surface area (Å²) in [5.74, 6) is 1.02. The van der Waals surface area contributed by atoms with Crippen molar-refractivity contribution in [1.82, 2.24) is 10.6 Å². The molecular weight excluding hydrogens is 494 g/mol. The number of rotatable bonds is 15. The lowest BCUT2D eigenvalue weighted by molar-refractivity contribution is -0.117. The fourth-order valence-corrected chi connectivity index (χ4v) is 5.48. The minimum atomic E-state index is -0.237. The predicted molar refractivity (Wildman–Crippen MR) is 169 cm³/mol. The highest BCUT2D eigenvalue weighted by Crippen LogP contribution is 2.36. The molecule has 40 heavy (non-hydrogen) atoms. The number of ether oxygens (including phenoxy) is 1. The second-order valence-corrected chi connectivity index (χ2v) is 12.0. The number of methoxy groups -OCH3 is 1. The summed E-state index contributed by atoms with van der Waals surface area (Å²) in [6.07, 6.45) is 3.06. The molecule has 2 aromatic rings. The Kier molecular flexibility index (Phi) is 10.2. The molecule has 0 saturated carbocycles. The second-order valence-electron chi connectivity index (χ2n) is 12.0. The van der Waals surface area contributed by atoms with E-state index in [2.05, 4.69) is 94.8 Å². The van der Waals surface area contributed by atoms with Gasteiger partial charge in [-0.2, -0.15) is 0 Å². The Hall–Kier alpha value is -3.60. The van der Waals surface area contributed by atoms with Gasteiger partial charge in [0.2, 0.25) is 0 Å². The fourth-order valence-electron chi connectivity index (χ4n) is 5.48. The van der Waals surface area contributed by atoms with Gasteiger partial charge in [-0.1, -0.05) is 77.3 Å². The first-order valence-corrected chi connectivity index (χ1v) is 14.3. The predicted octanol–water partition coefficient (Wildman–Crippen LogP) is 7.28. The molecule has 0 amide bonds. The highest BCUT2D eigenvalue weighted by Gasteiger charge is 2.32. The Morgan fingerprint density at radius 2 is 1.60 bits per heavy atom. The Bertz CT molecular complexity index is 1280. The van der Waals surface area contributed by atoms with Crippen LogP contribution in [-0.2, 0) is 11.2 Å². The number of Topliss-reactive ketones (excluding diaryl/α,β-unsaturated/α-hetero) is 1. The zero-order valence-electron chi connectivity index (χ0n) is 25.5. The van der Waals surface area contributed by atoms with Crippen LogP contribution in [0.4, 0.5) is 0 Å². The highest BCUT2D eigenvalue weighted by atomic mass is 16.5. The summed E-state index contributed by atoms with van der Waals surface area (Å²) in [6.45, 7) is 22.4. The molecule has 0 spiro atoms. The number of carbonyl (C=O) groups excluding carboxylic acids is 1. The van der Waals surface area contributed by atoms with Gasteiger partial charge < -0.3 is 15.4 Å². The van der Waals surface area contributed by atoms with E-state index in [1.54, 1.807) is 7.11 Å². The van der Waals surface area contributed by atoms with E-state index in [0.29, 0.717) is 25.9 Å². The van der Waals surface area contributed by atoms with Crippen molar-refractivity contribution in [2.24, 2.45) is 10.4 Å². The lowest BCUT2D eigenvalue weighted by Gasteiger charge is -2.38. The van der Waals surface area contributed by atoms with E-state index in [4.69, 9.17) is 9.73 Å². The quantitative estimate of drug-likeness (QED) is 0.249. The molecule has 1 aliphatic heterocycles. The zero-order chi connectivity index (χ0) is 29.5. The number of hydrogen-bond acceptors (Lipinski definition) is 5. The Morgan fingerprint density at radius 3 is 2.17 bits per heavy atom. The lowest BCUT2D eigenvalue weighted by Crippen LogP contribution is -2.44. The molecule has 214 valence electrons. The molecule has 0 bridgehead atoms. The minimum Gasteiger partial charge on any atom is -0.497 e. The smallest absolute Gasteiger partial charge is 0.151 e. The highest BCUT2D eigenvalue weighted by molar-refractivity contribution is 6.34. The van der Waals surface area contributed by atoms with Gasteiger partial charge in [0.25, 0.3) is 0 Å². The van der Waals surface area contributed by atoms with Gasteiger partial charge in [-0.05, 0) is 55.5 Å². The third-order valence-electron chi connectivity index (χ3n) is 7.57. The zero-order valence-corrected chi connectivity index (χ0v) is 25.5. The van der Waals surface area contributed by atoms with Gasteiger partial charge in [-0.25, -0.2) is 0 Å². The van der Waals surface area contributed by atoms with E-state index >= 15 is 0 Å². The molecule has 2 N–H and O–H groups in total. The number of nitrogens with one attached hydrogen (secondary N) is 2. The maximum absolute atomic E-state index is 11.8. The minimum absolute atomic E-state index is 0.183. The van der Waals surface area contributed by atoms with Crippen LogP contribution in [0, 0.1) is 5.41 Å². The molecule has 0 atom stereocenters. The van der Waals surface area contributed by atoms with Crippen LogP contribution in [0.2, 0.25) is 0 Å². The standard InChI is InChI=1S/C35H47N3O2/c1-10-26-12-14-28(15-13-26)33-32(27-16-18-31(40-9)19-17-27)29(21-37-33)20-24(3)38-35(7,8)23-34(5,6)25(4)36-22-30(39)11-2/h12-19,36,38H,3-4,10-11,20-23H2,1-2,5-9H3. The van der Waals surface area contributed by atoms with Crippen LogP contribution in [-0.4, -0.2) is 37.2 Å². The molecule has 1 aliphatic rings. The van der Waals surface area contributed by atoms with Crippen molar-refractivity contribution in [3.63, 3.8) is 0 Å². The van der Waals surface area contributed by atoms with Crippen molar-refractivity contribution in [2.75, 3.05) is 20.2 Å². The maximum Gasteiger partial charge on any atom is 0.151 e. The average molecular weight is 542 g/mol. The molecule has 1 heterocycles. The first kappa shape index (κ1) is 30.9. The Balaban J connectivity index is 1.80. The molecule has 5 nitrogen and oxygen atoms in total. The van der Waals surface area contributed by atoms with Gasteiger partial charge >= 0.3 is 0 Å². The van der Waals surface area contributed by atoms with Crippen molar-refractivity contribution in [1.29, 1.82) is 0 Å². The van der Waals surface area contributed by atoms with Crippen LogP contribution in [0.5, 0.6) is 5.75 Å². The number of benzene rings is 2. The van der Waals surface area contributed by atoms with Gasteiger partial charge in [0.15, 0.2) is 5.78 Å². The van der Waals surface area contributed by atoms with Crippen LogP contribution >= 0.6 is 0 Å². The molecule has 0 fully saturated rings. The number of carbonyl (C=O) groups is 1. The second kappa shape index (κ2) is 13.2. The normalized spacial score (nSPS) is 13.6. The fraction of sp³-hybridized carbons (Fsp3) is 0.429. The number of nitrogens with zero attached hydrogens (tertiary/aromatic N) is 1. The van der Waals surface area contributed by atoms with Gasteiger partial charge in [-0.15, -0.1) is 0 Å². The van der Waals surface area contributed by atoms with E-state index in [-0.39, 0.29) is 16.7 Å². The number of aliphatic imine (C=N–C) groups is 1.